The van der Waals surface area contributed by atoms with Gasteiger partial charge in [-0.05, 0) is 50.2 Å². The van der Waals surface area contributed by atoms with Crippen LogP contribution in [0.25, 0.3) is 21.8 Å². The predicted octanol–water partition coefficient (Wildman–Crippen LogP) is 5.75. The van der Waals surface area contributed by atoms with Gasteiger partial charge in [0.25, 0.3) is 0 Å². The van der Waals surface area contributed by atoms with Crippen LogP contribution >= 0.6 is 0 Å². The van der Waals surface area contributed by atoms with E-state index < -0.39 is 29.9 Å². The summed E-state index contributed by atoms with van der Waals surface area (Å²) in [6.07, 6.45) is 2.32. The maximum Gasteiger partial charge on any atom is 0.341 e. The first kappa shape index (κ1) is 22.6. The molecular weight excluding hydrogens is 458 g/mol. The first-order valence-corrected chi connectivity index (χ1v) is 13.1. The van der Waals surface area contributed by atoms with E-state index in [-0.39, 0.29) is 17.8 Å². The van der Waals surface area contributed by atoms with Crippen molar-refractivity contribution in [2.24, 2.45) is 23.7 Å². The normalized spacial score (nSPS) is 39.5. The van der Waals surface area contributed by atoms with Gasteiger partial charge in [-0.1, -0.05) is 50.2 Å². The van der Waals surface area contributed by atoms with Crippen molar-refractivity contribution in [3.8, 4) is 0 Å². The number of aromatic nitrogens is 1. The third kappa shape index (κ3) is 3.13. The maximum atomic E-state index is 13.8. The van der Waals surface area contributed by atoms with Crippen molar-refractivity contribution in [1.29, 1.82) is 0 Å². The van der Waals surface area contributed by atoms with E-state index in [1.54, 1.807) is 0 Å². The number of rotatable bonds is 2. The minimum Gasteiger partial charge on any atom is -0.432 e. The highest BCUT2D eigenvalue weighted by molar-refractivity contribution is 6.14. The number of para-hydroxylation sites is 2. The molecule has 2 aromatic carbocycles. The zero-order valence-electron chi connectivity index (χ0n) is 20.8. The fourth-order valence-electron chi connectivity index (χ4n) is 7.23. The van der Waals surface area contributed by atoms with E-state index in [1.807, 2.05) is 55.5 Å². The van der Waals surface area contributed by atoms with Crippen LogP contribution in [0, 0.1) is 23.7 Å². The van der Waals surface area contributed by atoms with Gasteiger partial charge in [0.1, 0.15) is 0 Å². The molecule has 5 heterocycles. The minimum atomic E-state index is -0.871. The monoisotopic (exact) mass is 489 g/mol. The third-order valence-electron chi connectivity index (χ3n) is 9.11. The molecule has 4 aliphatic heterocycles. The Bertz CT molecular complexity index is 1310. The average Bonchev–Trinajstić information content (AvgIpc) is 3.11. The summed E-state index contributed by atoms with van der Waals surface area (Å²) in [6.45, 7) is 6.27. The van der Waals surface area contributed by atoms with E-state index in [2.05, 4.69) is 13.8 Å². The van der Waals surface area contributed by atoms with Crippen molar-refractivity contribution in [2.45, 2.75) is 70.4 Å². The molecule has 8 rings (SSSR count). The molecule has 2 bridgehead atoms. The Morgan fingerprint density at radius 2 is 1.64 bits per heavy atom. The Labute approximate surface area is 209 Å². The molecule has 0 radical (unpaired) electrons. The number of nitrogens with zero attached hydrogens (tertiary/aromatic N) is 1. The van der Waals surface area contributed by atoms with Gasteiger partial charge in [-0.25, -0.2) is 19.6 Å². The average molecular weight is 490 g/mol. The molecule has 0 unspecified atom stereocenters. The van der Waals surface area contributed by atoms with Gasteiger partial charge in [-0.2, -0.15) is 0 Å². The number of hydrogen-bond donors (Lipinski definition) is 0. The van der Waals surface area contributed by atoms with Crippen LogP contribution in [0.15, 0.2) is 48.5 Å². The van der Waals surface area contributed by atoms with Gasteiger partial charge < -0.3 is 14.2 Å². The second kappa shape index (κ2) is 7.96. The summed E-state index contributed by atoms with van der Waals surface area (Å²) in [4.78, 5) is 30.7. The first-order chi connectivity index (χ1) is 17.4. The lowest BCUT2D eigenvalue weighted by Gasteiger charge is -2.59. The lowest BCUT2D eigenvalue weighted by molar-refractivity contribution is -0.576. The molecule has 8 atom stereocenters. The lowest BCUT2D eigenvalue weighted by atomic mass is 9.58. The molecule has 0 N–H and O–H groups in total. The quantitative estimate of drug-likeness (QED) is 0.258. The van der Waals surface area contributed by atoms with Crippen molar-refractivity contribution in [3.05, 3.63) is 54.1 Å². The number of ether oxygens (including phenoxy) is 3. The lowest BCUT2D eigenvalue weighted by Crippen LogP contribution is -2.70. The number of benzene rings is 2. The fraction of sp³-hybridized carbons (Fsp3) is 0.517. The molecule has 0 amide bonds. The van der Waals surface area contributed by atoms with Crippen LogP contribution in [0.3, 0.4) is 0 Å². The molecule has 5 fully saturated rings. The number of hydrogen-bond acceptors (Lipinski definition) is 7. The fourth-order valence-corrected chi connectivity index (χ4v) is 7.23. The molecule has 1 aliphatic carbocycles. The molecule has 36 heavy (non-hydrogen) atoms. The Kier molecular flexibility index (Phi) is 5.00. The van der Waals surface area contributed by atoms with Gasteiger partial charge in [0.05, 0.1) is 16.6 Å². The van der Waals surface area contributed by atoms with Gasteiger partial charge >= 0.3 is 5.97 Å². The van der Waals surface area contributed by atoms with E-state index in [9.17, 15) is 4.79 Å². The zero-order chi connectivity index (χ0) is 24.7. The molecule has 3 aromatic rings. The molecule has 1 spiro atoms. The smallest absolute Gasteiger partial charge is 0.341 e. The van der Waals surface area contributed by atoms with Crippen LogP contribution in [0.1, 0.15) is 56.8 Å². The van der Waals surface area contributed by atoms with Crippen LogP contribution < -0.4 is 0 Å². The van der Waals surface area contributed by atoms with E-state index in [4.69, 9.17) is 29.0 Å². The Hall–Kier alpha value is -2.58. The number of carbonyl (C=O) groups excluding carboxylic acids is 1. The molecular formula is C29H31NO6. The van der Waals surface area contributed by atoms with Gasteiger partial charge in [0, 0.05) is 29.0 Å². The third-order valence-corrected chi connectivity index (χ3v) is 9.11. The topological polar surface area (TPSA) is 76.1 Å². The van der Waals surface area contributed by atoms with Crippen molar-refractivity contribution in [3.63, 3.8) is 0 Å². The molecule has 188 valence electrons. The number of fused-ring (bicyclic) bond motifs is 4. The number of esters is 1. The summed E-state index contributed by atoms with van der Waals surface area (Å²) in [6, 6.07) is 15.3. The summed E-state index contributed by atoms with van der Waals surface area (Å²) in [5, 5.41) is 1.53. The Morgan fingerprint density at radius 3 is 2.36 bits per heavy atom. The van der Waals surface area contributed by atoms with Gasteiger partial charge in [-0.15, -0.1) is 0 Å². The van der Waals surface area contributed by atoms with Crippen molar-refractivity contribution in [2.75, 3.05) is 0 Å². The van der Waals surface area contributed by atoms with Gasteiger partial charge in [-0.3, -0.25) is 0 Å². The largest absolute Gasteiger partial charge is 0.432 e. The van der Waals surface area contributed by atoms with Crippen LogP contribution in [0.2, 0.25) is 0 Å². The van der Waals surface area contributed by atoms with E-state index >= 15 is 0 Å². The summed E-state index contributed by atoms with van der Waals surface area (Å²) < 4.78 is 19.1. The molecule has 7 heteroatoms. The van der Waals surface area contributed by atoms with Crippen LogP contribution in [0.4, 0.5) is 0 Å². The summed E-state index contributed by atoms with van der Waals surface area (Å²) in [5.74, 6) is -0.554. The second-order valence-corrected chi connectivity index (χ2v) is 11.2. The van der Waals surface area contributed by atoms with Gasteiger partial charge in [0.15, 0.2) is 11.9 Å². The molecule has 1 saturated carbocycles. The Balaban J connectivity index is 1.27. The van der Waals surface area contributed by atoms with Crippen molar-refractivity contribution < 1.29 is 28.8 Å². The highest BCUT2D eigenvalue weighted by atomic mass is 17.3. The first-order valence-electron chi connectivity index (χ1n) is 13.1. The molecule has 1 aromatic heterocycles. The molecule has 7 nitrogen and oxygen atoms in total. The van der Waals surface area contributed by atoms with Crippen LogP contribution in [-0.4, -0.2) is 34.9 Å². The maximum absolute atomic E-state index is 13.8. The summed E-state index contributed by atoms with van der Waals surface area (Å²) >= 11 is 0. The molecule has 4 saturated heterocycles. The standard InChI is InChI=1S/C29H31NO6/c1-16-12-13-21-17(2)26(33-27-29(21)20(16)14-15-28(3,34-27)35-36-29)32-25(31)24-18-8-4-6-10-22(18)30-23-11-7-5-9-19(23)24/h4-11,16-17,20-21,26-27H,12-15H2,1-3H3/t16-,17-,20+,21+,26+,27-,28+,29-/m1/s1. The number of pyridine rings is 1. The van der Waals surface area contributed by atoms with Gasteiger partial charge in [0.2, 0.25) is 12.1 Å². The highest BCUT2D eigenvalue weighted by Gasteiger charge is 2.69. The Morgan fingerprint density at radius 1 is 0.944 bits per heavy atom. The highest BCUT2D eigenvalue weighted by Crippen LogP contribution is 2.60. The van der Waals surface area contributed by atoms with Crippen molar-refractivity contribution in [1.82, 2.24) is 4.98 Å². The van der Waals surface area contributed by atoms with E-state index in [0.717, 1.165) is 47.5 Å². The SMILES string of the molecule is C[C@H]1[C@@H](OC(=O)c2c3ccccc3nc3ccccc23)O[C@@H]2O[C@]3(C)CC[C@H]4[C@H](C)CC[C@@H]1[C@@]24OO3. The van der Waals surface area contributed by atoms with Crippen molar-refractivity contribution >= 4 is 27.8 Å². The summed E-state index contributed by atoms with van der Waals surface area (Å²) in [7, 11) is 0. The van der Waals surface area contributed by atoms with E-state index in [0.29, 0.717) is 11.5 Å². The predicted molar refractivity (Wildman–Crippen MR) is 131 cm³/mol. The minimum absolute atomic E-state index is 0.0869. The molecule has 5 aliphatic rings. The zero-order valence-corrected chi connectivity index (χ0v) is 20.8. The number of carbonyl (C=O) groups is 1. The second-order valence-electron chi connectivity index (χ2n) is 11.2. The van der Waals surface area contributed by atoms with Crippen LogP contribution in [-0.2, 0) is 24.0 Å². The van der Waals surface area contributed by atoms with E-state index in [1.165, 1.54) is 0 Å². The van der Waals surface area contributed by atoms with Crippen LogP contribution in [0.5, 0.6) is 0 Å². The summed E-state index contributed by atoms with van der Waals surface area (Å²) in [5.41, 5.74) is 1.34.